The first kappa shape index (κ1) is 35.0. The van der Waals surface area contributed by atoms with Gasteiger partial charge in [0.2, 0.25) is 5.96 Å². The lowest BCUT2D eigenvalue weighted by Gasteiger charge is -2.33. The number of rotatable bonds is 11. The van der Waals surface area contributed by atoms with Gasteiger partial charge in [-0.05, 0) is 84.9 Å². The van der Waals surface area contributed by atoms with Gasteiger partial charge in [-0.1, -0.05) is 72.8 Å². The minimum Gasteiger partial charge on any atom is -0.496 e. The van der Waals surface area contributed by atoms with E-state index in [1.54, 1.807) is 7.11 Å². The van der Waals surface area contributed by atoms with Gasteiger partial charge in [0, 0.05) is 82.9 Å². The van der Waals surface area contributed by atoms with Crippen LogP contribution in [-0.2, 0) is 4.74 Å². The number of guanidine groups is 1. The third-order valence-corrected chi connectivity index (χ3v) is 9.89. The number of aliphatic imine (C=N–C) groups is 4. The number of amidine groups is 3. The molecule has 0 unspecified atom stereocenters. The number of benzene rings is 6. The Kier molecular flexibility index (Phi) is 9.33. The van der Waals surface area contributed by atoms with Crippen molar-refractivity contribution in [2.24, 2.45) is 20.0 Å². The molecule has 0 aromatic heterocycles. The molecule has 0 fully saturated rings. The second-order valence-corrected chi connectivity index (χ2v) is 13.3. The Hall–Kier alpha value is -7.72. The number of hydrogen-bond donors (Lipinski definition) is 2. The van der Waals surface area contributed by atoms with E-state index in [9.17, 15) is 0 Å². The molecule has 3 aliphatic rings. The Morgan fingerprint density at radius 3 is 1.33 bits per heavy atom. The topological polar surface area (TPSA) is 92.4 Å². The number of anilines is 8. The fourth-order valence-electron chi connectivity index (χ4n) is 7.20. The molecule has 6 aromatic rings. The number of methoxy groups -OCH3 is 1. The Morgan fingerprint density at radius 1 is 0.474 bits per heavy atom. The van der Waals surface area contributed by atoms with E-state index in [0.717, 1.165) is 56.6 Å². The molecule has 0 atom stereocenters. The van der Waals surface area contributed by atoms with Crippen molar-refractivity contribution in [3.05, 3.63) is 193 Å². The molecule has 10 heteroatoms. The van der Waals surface area contributed by atoms with E-state index in [-0.39, 0.29) is 0 Å². The summed E-state index contributed by atoms with van der Waals surface area (Å²) >= 11 is 0. The molecule has 0 saturated carbocycles. The zero-order valence-electron chi connectivity index (χ0n) is 31.7. The molecule has 2 N–H and O–H groups in total. The van der Waals surface area contributed by atoms with Crippen LogP contribution in [0.25, 0.3) is 0 Å². The van der Waals surface area contributed by atoms with Gasteiger partial charge in [-0.3, -0.25) is 0 Å². The highest BCUT2D eigenvalue weighted by molar-refractivity contribution is 6.26. The third kappa shape index (κ3) is 6.70. The standard InChI is InChI=1S/C47H39N9O/c1-48-41-28-36(54(32-16-8-4-9-17-32)33-18-10-5-11-19-33)24-26-39(41)45-50-43-30-38(57-3)31-44-51-46(53-47(52-45)56(43)44)40-27-25-37(29-42(40)49-2)55(34-20-12-6-13-21-34)35-22-14-7-15-23-35/h4-31,48-49H,1-3H3. The molecular formula is C47H39N9O. The Balaban J connectivity index is 1.12. The van der Waals surface area contributed by atoms with Crippen molar-refractivity contribution < 1.29 is 4.74 Å². The van der Waals surface area contributed by atoms with Crippen LogP contribution in [-0.4, -0.2) is 49.6 Å². The summed E-state index contributed by atoms with van der Waals surface area (Å²) in [6.07, 6.45) is 3.76. The molecule has 0 bridgehead atoms. The minimum absolute atomic E-state index is 0.459. The van der Waals surface area contributed by atoms with Gasteiger partial charge in [0.25, 0.3) is 0 Å². The zero-order valence-corrected chi connectivity index (χ0v) is 31.7. The molecule has 0 amide bonds. The summed E-state index contributed by atoms with van der Waals surface area (Å²) in [5, 5.41) is 6.82. The summed E-state index contributed by atoms with van der Waals surface area (Å²) in [4.78, 5) is 26.6. The van der Waals surface area contributed by atoms with E-state index in [4.69, 9.17) is 24.7 Å². The normalized spacial score (nSPS) is 14.1. The summed E-state index contributed by atoms with van der Waals surface area (Å²) < 4.78 is 5.75. The van der Waals surface area contributed by atoms with Crippen LogP contribution in [0.15, 0.2) is 201 Å². The van der Waals surface area contributed by atoms with Crippen LogP contribution in [0.4, 0.5) is 45.5 Å². The van der Waals surface area contributed by atoms with E-state index in [0.29, 0.717) is 35.0 Å². The highest BCUT2D eigenvalue weighted by atomic mass is 16.5. The maximum atomic E-state index is 5.75. The number of allylic oxidation sites excluding steroid dienone is 1. The number of nitrogens with zero attached hydrogens (tertiary/aromatic N) is 7. The smallest absolute Gasteiger partial charge is 0.241 e. The van der Waals surface area contributed by atoms with Gasteiger partial charge in [0.05, 0.1) is 7.11 Å². The maximum absolute atomic E-state index is 5.75. The van der Waals surface area contributed by atoms with Gasteiger partial charge >= 0.3 is 0 Å². The number of nitrogens with one attached hydrogen (secondary N) is 2. The Labute approximate surface area is 331 Å². The molecule has 3 heterocycles. The lowest BCUT2D eigenvalue weighted by atomic mass is 10.1. The van der Waals surface area contributed by atoms with E-state index in [2.05, 4.69) is 105 Å². The molecule has 6 aromatic carbocycles. The third-order valence-electron chi connectivity index (χ3n) is 9.89. The SMILES string of the molecule is CNc1cc(N(c2ccccc2)c2ccccc2)ccc1C1=NC2=CC(OC)=CC3=NC(c4ccc(N(c5ccccc5)c5ccccc5)cc4NC)=NC(=N1)N23. The highest BCUT2D eigenvalue weighted by Gasteiger charge is 2.34. The van der Waals surface area contributed by atoms with E-state index < -0.39 is 0 Å². The van der Waals surface area contributed by atoms with Gasteiger partial charge < -0.3 is 25.2 Å². The predicted molar refractivity (Wildman–Crippen MR) is 234 cm³/mol. The molecule has 9 rings (SSSR count). The quantitative estimate of drug-likeness (QED) is 0.137. The van der Waals surface area contributed by atoms with Crippen LogP contribution < -0.4 is 20.4 Å². The molecule has 57 heavy (non-hydrogen) atoms. The average Bonchev–Trinajstić information content (AvgIpc) is 3.27. The summed E-state index contributed by atoms with van der Waals surface area (Å²) in [5.74, 6) is 3.34. The molecular weight excluding hydrogens is 707 g/mol. The van der Waals surface area contributed by atoms with E-state index in [1.165, 1.54) is 0 Å². The van der Waals surface area contributed by atoms with Crippen LogP contribution in [0.3, 0.4) is 0 Å². The van der Waals surface area contributed by atoms with Crippen LogP contribution in [0.2, 0.25) is 0 Å². The van der Waals surface area contributed by atoms with Crippen LogP contribution in [0.5, 0.6) is 0 Å². The zero-order chi connectivity index (χ0) is 38.7. The summed E-state index contributed by atoms with van der Waals surface area (Å²) in [6.45, 7) is 0. The second kappa shape index (κ2) is 15.2. The van der Waals surface area contributed by atoms with Gasteiger partial charge in [0.1, 0.15) is 17.4 Å². The second-order valence-electron chi connectivity index (χ2n) is 13.3. The van der Waals surface area contributed by atoms with Crippen molar-refractivity contribution in [2.45, 2.75) is 0 Å². The molecule has 3 aliphatic heterocycles. The predicted octanol–water partition coefficient (Wildman–Crippen LogP) is 10.4. The van der Waals surface area contributed by atoms with E-state index >= 15 is 0 Å². The first-order valence-corrected chi connectivity index (χ1v) is 18.7. The maximum Gasteiger partial charge on any atom is 0.241 e. The van der Waals surface area contributed by atoms with Gasteiger partial charge in [-0.15, -0.1) is 0 Å². The molecule has 0 saturated heterocycles. The molecule has 0 aliphatic carbocycles. The van der Waals surface area contributed by atoms with Crippen molar-refractivity contribution in [1.82, 2.24) is 4.90 Å². The fraction of sp³-hybridized carbons (Fsp3) is 0.0638. The first-order valence-electron chi connectivity index (χ1n) is 18.7. The Bertz CT molecular complexity index is 2420. The Morgan fingerprint density at radius 2 is 0.912 bits per heavy atom. The fourth-order valence-corrected chi connectivity index (χ4v) is 7.20. The largest absolute Gasteiger partial charge is 0.496 e. The lowest BCUT2D eigenvalue weighted by Crippen LogP contribution is -2.42. The summed E-state index contributed by atoms with van der Waals surface area (Å²) in [6, 6.07) is 53.9. The van der Waals surface area contributed by atoms with Crippen LogP contribution in [0, 0.1) is 0 Å². The number of para-hydroxylation sites is 4. The van der Waals surface area contributed by atoms with Crippen molar-refractivity contribution in [3.63, 3.8) is 0 Å². The molecule has 0 spiro atoms. The number of ether oxygens (including phenoxy) is 1. The summed E-state index contributed by atoms with van der Waals surface area (Å²) in [7, 11) is 5.47. The van der Waals surface area contributed by atoms with Crippen molar-refractivity contribution in [3.8, 4) is 0 Å². The summed E-state index contributed by atoms with van der Waals surface area (Å²) in [5.41, 5.74) is 9.55. The van der Waals surface area contributed by atoms with Gasteiger partial charge in [-0.2, -0.15) is 9.98 Å². The van der Waals surface area contributed by atoms with Gasteiger partial charge in [0.15, 0.2) is 11.7 Å². The van der Waals surface area contributed by atoms with E-state index in [1.807, 2.05) is 104 Å². The first-order chi connectivity index (χ1) is 28.1. The van der Waals surface area contributed by atoms with Gasteiger partial charge in [-0.25, -0.2) is 14.9 Å². The van der Waals surface area contributed by atoms with Crippen molar-refractivity contribution in [2.75, 3.05) is 41.6 Å². The molecule has 0 radical (unpaired) electrons. The lowest BCUT2D eigenvalue weighted by molar-refractivity contribution is 0.304. The molecule has 278 valence electrons. The highest BCUT2D eigenvalue weighted by Crippen LogP contribution is 2.39. The average molecular weight is 746 g/mol. The van der Waals surface area contributed by atoms with Crippen molar-refractivity contribution >= 4 is 69.0 Å². The van der Waals surface area contributed by atoms with Crippen molar-refractivity contribution in [1.29, 1.82) is 0 Å². The van der Waals surface area contributed by atoms with Crippen LogP contribution >= 0.6 is 0 Å². The minimum atomic E-state index is 0.459. The monoisotopic (exact) mass is 745 g/mol. The molecule has 10 nitrogen and oxygen atoms in total. The number of hydrogen-bond acceptors (Lipinski definition) is 10. The van der Waals surface area contributed by atoms with Crippen LogP contribution in [0.1, 0.15) is 11.1 Å².